The number of likely N-dealkylation sites (N-methyl/N-ethyl adjacent to an activating group) is 1. The van der Waals surface area contributed by atoms with Crippen molar-refractivity contribution in [2.75, 3.05) is 38.2 Å². The van der Waals surface area contributed by atoms with Crippen molar-refractivity contribution in [3.8, 4) is 6.01 Å². The molecule has 8 nitrogen and oxygen atoms in total. The number of hydrogen-bond acceptors (Lipinski definition) is 7. The molecule has 0 radical (unpaired) electrons. The highest BCUT2D eigenvalue weighted by molar-refractivity contribution is 6.33. The summed E-state index contributed by atoms with van der Waals surface area (Å²) in [5.74, 6) is 0.249. The quantitative estimate of drug-likeness (QED) is 0.506. The van der Waals surface area contributed by atoms with Crippen LogP contribution in [-0.2, 0) is 0 Å². The Balaban J connectivity index is 1.38. The molecule has 2 bridgehead atoms. The van der Waals surface area contributed by atoms with E-state index in [1.54, 1.807) is 6.20 Å². The predicted molar refractivity (Wildman–Crippen MR) is 151 cm³/mol. The van der Waals surface area contributed by atoms with E-state index in [1.807, 2.05) is 25.1 Å². The maximum atomic E-state index is 16.7. The van der Waals surface area contributed by atoms with Gasteiger partial charge >= 0.3 is 6.01 Å². The minimum absolute atomic E-state index is 0.218. The van der Waals surface area contributed by atoms with Crippen LogP contribution in [0.15, 0.2) is 23.9 Å². The van der Waals surface area contributed by atoms with E-state index >= 15 is 4.39 Å². The molecule has 5 heterocycles. The average Bonchev–Trinajstić information content (AvgIpc) is 3.62. The molecule has 1 aromatic carbocycles. The van der Waals surface area contributed by atoms with Crippen LogP contribution in [0.5, 0.6) is 6.01 Å². The minimum Gasteiger partial charge on any atom is -0.462 e. The normalized spacial score (nSPS) is 25.0. The zero-order chi connectivity index (χ0) is 26.7. The van der Waals surface area contributed by atoms with Gasteiger partial charge in [-0.1, -0.05) is 23.3 Å². The number of rotatable bonds is 5. The molecule has 0 amide bonds. The van der Waals surface area contributed by atoms with Gasteiger partial charge in [-0.25, -0.2) is 4.39 Å². The number of hydrogen-bond donors (Lipinski definition) is 2. The zero-order valence-electron chi connectivity index (χ0n) is 22.3. The molecule has 10 heteroatoms. The molecule has 3 aromatic rings. The van der Waals surface area contributed by atoms with Crippen molar-refractivity contribution < 1.29 is 9.13 Å². The highest BCUT2D eigenvalue weighted by Crippen LogP contribution is 2.38. The van der Waals surface area contributed by atoms with Gasteiger partial charge in [0.25, 0.3) is 0 Å². The van der Waals surface area contributed by atoms with Gasteiger partial charge in [-0.05, 0) is 70.3 Å². The van der Waals surface area contributed by atoms with Gasteiger partial charge in [-0.2, -0.15) is 15.1 Å². The van der Waals surface area contributed by atoms with Crippen molar-refractivity contribution in [3.63, 3.8) is 0 Å². The van der Waals surface area contributed by atoms with Crippen LogP contribution in [0.1, 0.15) is 44.6 Å². The molecule has 204 valence electrons. The smallest absolute Gasteiger partial charge is 0.319 e. The van der Waals surface area contributed by atoms with Crippen LogP contribution >= 0.6 is 11.6 Å². The van der Waals surface area contributed by atoms with E-state index in [0.29, 0.717) is 52.9 Å². The van der Waals surface area contributed by atoms with E-state index in [9.17, 15) is 0 Å². The van der Waals surface area contributed by atoms with Crippen LogP contribution in [0.2, 0.25) is 5.02 Å². The summed E-state index contributed by atoms with van der Waals surface area (Å²) < 4.78 is 22.9. The molecule has 2 unspecified atom stereocenters. The summed E-state index contributed by atoms with van der Waals surface area (Å²) in [6.45, 7) is 5.19. The number of benzene rings is 1. The van der Waals surface area contributed by atoms with Gasteiger partial charge in [0.2, 0.25) is 0 Å². The predicted octanol–water partition coefficient (Wildman–Crippen LogP) is 2.89. The number of allylic oxidation sites excluding steroid dienone is 2. The molecule has 0 saturated carbocycles. The van der Waals surface area contributed by atoms with Crippen LogP contribution in [0, 0.1) is 5.82 Å². The number of nitrogens with one attached hydrogen (secondary N) is 2. The average molecular weight is 550 g/mol. The Labute approximate surface area is 231 Å². The third-order valence-electron chi connectivity index (χ3n) is 8.72. The molecular formula is C29H33ClFN7O. The summed E-state index contributed by atoms with van der Waals surface area (Å²) in [6, 6.07) is 3.16. The van der Waals surface area contributed by atoms with E-state index in [2.05, 4.69) is 37.3 Å². The van der Waals surface area contributed by atoms with Crippen LogP contribution in [0.4, 0.5) is 10.2 Å². The Hall–Kier alpha value is -3.01. The monoisotopic (exact) mass is 549 g/mol. The largest absolute Gasteiger partial charge is 0.462 e. The lowest BCUT2D eigenvalue weighted by Crippen LogP contribution is -2.51. The highest BCUT2D eigenvalue weighted by Gasteiger charge is 2.34. The van der Waals surface area contributed by atoms with E-state index in [4.69, 9.17) is 21.3 Å². The molecule has 2 aromatic heterocycles. The Bertz CT molecular complexity index is 1590. The van der Waals surface area contributed by atoms with Gasteiger partial charge < -0.3 is 19.9 Å². The van der Waals surface area contributed by atoms with Crippen LogP contribution in [-0.4, -0.2) is 76.5 Å². The first-order chi connectivity index (χ1) is 18.9. The number of H-pyrrole nitrogens is 1. The van der Waals surface area contributed by atoms with Crippen molar-refractivity contribution in [1.29, 1.82) is 0 Å². The van der Waals surface area contributed by atoms with Crippen molar-refractivity contribution in [3.05, 3.63) is 50.9 Å². The van der Waals surface area contributed by atoms with Crippen molar-refractivity contribution >= 4 is 40.0 Å². The van der Waals surface area contributed by atoms with Crippen LogP contribution in [0.3, 0.4) is 0 Å². The third kappa shape index (κ3) is 4.50. The van der Waals surface area contributed by atoms with E-state index in [1.165, 1.54) is 0 Å². The topological polar surface area (TPSA) is 82.2 Å². The summed E-state index contributed by atoms with van der Waals surface area (Å²) >= 11 is 6.92. The first kappa shape index (κ1) is 25.0. The fourth-order valence-corrected chi connectivity index (χ4v) is 6.92. The first-order valence-electron chi connectivity index (χ1n) is 13.9. The number of fused-ring (bicyclic) bond motifs is 4. The number of aromatic nitrogens is 4. The molecule has 4 aliphatic rings. The summed E-state index contributed by atoms with van der Waals surface area (Å²) in [5.41, 5.74) is 2.50. The second kappa shape index (κ2) is 9.87. The Morgan fingerprint density at radius 1 is 1.15 bits per heavy atom. The lowest BCUT2D eigenvalue weighted by Gasteiger charge is -2.34. The summed E-state index contributed by atoms with van der Waals surface area (Å²) in [5, 5.41) is 13.5. The minimum atomic E-state index is -0.445. The molecule has 3 atom stereocenters. The zero-order valence-corrected chi connectivity index (χ0v) is 23.1. The van der Waals surface area contributed by atoms with Crippen molar-refractivity contribution in [2.24, 2.45) is 0 Å². The lowest BCUT2D eigenvalue weighted by molar-refractivity contribution is 0.188. The fourth-order valence-electron chi connectivity index (χ4n) is 6.62. The van der Waals surface area contributed by atoms with Gasteiger partial charge in [0.05, 0.1) is 16.6 Å². The maximum absolute atomic E-state index is 16.7. The number of likely N-dealkylation sites (tertiary alicyclic amines) is 1. The van der Waals surface area contributed by atoms with E-state index in [-0.39, 0.29) is 11.5 Å². The molecule has 3 aliphatic heterocycles. The second-order valence-corrected chi connectivity index (χ2v) is 11.8. The fraction of sp³-hybridized carbons (Fsp3) is 0.483. The number of halogens is 2. The maximum Gasteiger partial charge on any atom is 0.319 e. The standard InChI is InChI=1S/C29H33ClFN7O/c1-16-5-8-24-22(12-32-36-24)20(10-16)25-23(30)11-21-27(26(25)31)34-29(39-15-19-4-3-9-37(19)2)35-28(21)38-13-17-6-7-18(14-38)33-17/h5,8,11-12,17-19,33,36H,3-4,6-7,9-10,13-15H2,1-2H3/t17?,18?,19-/m0/s1. The third-order valence-corrected chi connectivity index (χ3v) is 9.02. The van der Waals surface area contributed by atoms with Gasteiger partial charge in [0.15, 0.2) is 5.82 Å². The summed E-state index contributed by atoms with van der Waals surface area (Å²) in [4.78, 5) is 14.1. The van der Waals surface area contributed by atoms with Gasteiger partial charge in [0.1, 0.15) is 17.9 Å². The van der Waals surface area contributed by atoms with E-state index in [0.717, 1.165) is 67.0 Å². The summed E-state index contributed by atoms with van der Waals surface area (Å²) in [7, 11) is 2.11. The number of nitrogens with zero attached hydrogens (tertiary/aromatic N) is 5. The first-order valence-corrected chi connectivity index (χ1v) is 14.3. The molecule has 7 rings (SSSR count). The second-order valence-electron chi connectivity index (χ2n) is 11.4. The Morgan fingerprint density at radius 3 is 2.74 bits per heavy atom. The molecule has 39 heavy (non-hydrogen) atoms. The molecule has 2 N–H and O–H groups in total. The molecular weight excluding hydrogens is 517 g/mol. The van der Waals surface area contributed by atoms with Crippen molar-refractivity contribution in [2.45, 2.75) is 57.2 Å². The molecule has 3 saturated heterocycles. The Kier molecular flexibility index (Phi) is 6.33. The highest BCUT2D eigenvalue weighted by atomic mass is 35.5. The number of piperazine rings is 1. The summed E-state index contributed by atoms with van der Waals surface area (Å²) in [6.07, 6.45) is 10.8. The van der Waals surface area contributed by atoms with E-state index < -0.39 is 5.82 Å². The van der Waals surface area contributed by atoms with Crippen molar-refractivity contribution in [1.82, 2.24) is 30.4 Å². The number of aromatic amines is 1. The number of anilines is 1. The molecule has 0 spiro atoms. The molecule has 1 aliphatic carbocycles. The van der Waals surface area contributed by atoms with Crippen LogP contribution < -0.4 is 25.5 Å². The number of ether oxygens (including phenoxy) is 1. The SMILES string of the molecule is CC1=CC=c2[nH]ncc2=C(c2c(Cl)cc3c(N4CC5CCC(C4)N5)nc(OC[C@@H]4CCCN4C)nc3c2F)C1. The molecule has 3 fully saturated rings. The van der Waals surface area contributed by atoms with Gasteiger partial charge in [0, 0.05) is 47.4 Å². The van der Waals surface area contributed by atoms with Gasteiger partial charge in [-0.3, -0.25) is 5.10 Å². The van der Waals surface area contributed by atoms with Gasteiger partial charge in [-0.15, -0.1) is 0 Å². The Morgan fingerprint density at radius 2 is 1.97 bits per heavy atom. The van der Waals surface area contributed by atoms with Crippen LogP contribution in [0.25, 0.3) is 22.6 Å². The lowest BCUT2D eigenvalue weighted by atomic mass is 9.96.